The van der Waals surface area contributed by atoms with Gasteiger partial charge in [0.15, 0.2) is 0 Å². The van der Waals surface area contributed by atoms with E-state index in [-0.39, 0.29) is 23.1 Å². The number of ether oxygens (including phenoxy) is 1. The third-order valence-corrected chi connectivity index (χ3v) is 5.62. The Morgan fingerprint density at radius 3 is 2.86 bits per heavy atom. The van der Waals surface area contributed by atoms with E-state index in [9.17, 15) is 9.18 Å². The van der Waals surface area contributed by atoms with Crippen molar-refractivity contribution < 1.29 is 19.0 Å². The Balaban J connectivity index is 1.60. The van der Waals surface area contributed by atoms with E-state index >= 15 is 0 Å². The third-order valence-electron chi connectivity index (χ3n) is 4.46. The van der Waals surface area contributed by atoms with Gasteiger partial charge in [-0.05, 0) is 43.9 Å². The Hall–Kier alpha value is -1.07. The van der Waals surface area contributed by atoms with Crippen LogP contribution in [0.15, 0.2) is 23.1 Å². The molecule has 1 spiro atoms. The minimum absolute atomic E-state index is 0.0900. The Bertz CT molecular complexity index is 540. The zero-order chi connectivity index (χ0) is 14.9. The normalized spacial score (nSPS) is 23.8. The number of thioether (sulfide) groups is 1. The van der Waals surface area contributed by atoms with E-state index in [1.54, 1.807) is 0 Å². The van der Waals surface area contributed by atoms with Crippen molar-refractivity contribution in [3.05, 3.63) is 29.6 Å². The highest BCUT2D eigenvalue weighted by atomic mass is 32.2. The lowest BCUT2D eigenvalue weighted by molar-refractivity contribution is -0.0267. The maximum Gasteiger partial charge on any atom is 0.335 e. The first-order valence-electron chi connectivity index (χ1n) is 7.41. The van der Waals surface area contributed by atoms with E-state index in [2.05, 4.69) is 0 Å². The van der Waals surface area contributed by atoms with Gasteiger partial charge in [-0.25, -0.2) is 9.18 Å². The van der Waals surface area contributed by atoms with E-state index in [0.717, 1.165) is 25.7 Å². The molecule has 1 aromatic rings. The van der Waals surface area contributed by atoms with Crippen molar-refractivity contribution in [1.82, 2.24) is 0 Å². The molecule has 1 aliphatic heterocycles. The molecule has 1 heterocycles. The minimum atomic E-state index is -1.03. The van der Waals surface area contributed by atoms with Gasteiger partial charge in [0, 0.05) is 10.6 Å². The van der Waals surface area contributed by atoms with E-state index in [4.69, 9.17) is 9.84 Å². The van der Waals surface area contributed by atoms with E-state index in [1.165, 1.54) is 42.8 Å². The summed E-state index contributed by atoms with van der Waals surface area (Å²) < 4.78 is 19.9. The topological polar surface area (TPSA) is 46.5 Å². The van der Waals surface area contributed by atoms with Crippen LogP contribution < -0.4 is 0 Å². The SMILES string of the molecule is O=C(O)c1ccc(F)c(SCC2CCC3(CCCC3)O2)c1. The van der Waals surface area contributed by atoms with Crippen LogP contribution in [0, 0.1) is 5.82 Å². The van der Waals surface area contributed by atoms with Gasteiger partial charge >= 0.3 is 5.97 Å². The van der Waals surface area contributed by atoms with Crippen LogP contribution in [0.4, 0.5) is 4.39 Å². The maximum absolute atomic E-state index is 13.7. The van der Waals surface area contributed by atoms with Crippen molar-refractivity contribution in [2.24, 2.45) is 0 Å². The van der Waals surface area contributed by atoms with E-state index < -0.39 is 5.97 Å². The summed E-state index contributed by atoms with van der Waals surface area (Å²) in [7, 11) is 0. The molecule has 1 unspecified atom stereocenters. The smallest absolute Gasteiger partial charge is 0.335 e. The second-order valence-electron chi connectivity index (χ2n) is 5.93. The van der Waals surface area contributed by atoms with Crippen LogP contribution in [-0.4, -0.2) is 28.5 Å². The molecule has 3 nitrogen and oxygen atoms in total. The first-order chi connectivity index (χ1) is 10.1. The molecule has 5 heteroatoms. The highest BCUT2D eigenvalue weighted by Gasteiger charge is 2.41. The summed E-state index contributed by atoms with van der Waals surface area (Å²) in [6.07, 6.45) is 7.07. The van der Waals surface area contributed by atoms with Crippen molar-refractivity contribution in [1.29, 1.82) is 0 Å². The summed E-state index contributed by atoms with van der Waals surface area (Å²) in [5, 5.41) is 8.96. The quantitative estimate of drug-likeness (QED) is 0.850. The predicted molar refractivity (Wildman–Crippen MR) is 79.4 cm³/mol. The van der Waals surface area contributed by atoms with Crippen molar-refractivity contribution in [2.75, 3.05) is 5.75 Å². The highest BCUT2D eigenvalue weighted by Crippen LogP contribution is 2.44. The summed E-state index contributed by atoms with van der Waals surface area (Å²) in [4.78, 5) is 11.3. The fraction of sp³-hybridized carbons (Fsp3) is 0.562. The lowest BCUT2D eigenvalue weighted by Gasteiger charge is -2.23. The number of carboxylic acid groups (broad SMARTS) is 1. The Labute approximate surface area is 127 Å². The van der Waals surface area contributed by atoms with Gasteiger partial charge in [0.25, 0.3) is 0 Å². The largest absolute Gasteiger partial charge is 0.478 e. The van der Waals surface area contributed by atoms with Gasteiger partial charge in [-0.2, -0.15) is 0 Å². The van der Waals surface area contributed by atoms with Gasteiger partial charge < -0.3 is 9.84 Å². The summed E-state index contributed by atoms with van der Waals surface area (Å²) in [5.41, 5.74) is 0.214. The Morgan fingerprint density at radius 1 is 1.38 bits per heavy atom. The summed E-state index contributed by atoms with van der Waals surface area (Å²) in [5.74, 6) is -0.709. The molecule has 114 valence electrons. The Kier molecular flexibility index (Phi) is 4.22. The van der Waals surface area contributed by atoms with Gasteiger partial charge in [-0.1, -0.05) is 12.8 Å². The summed E-state index contributed by atoms with van der Waals surface area (Å²) >= 11 is 1.35. The molecule has 1 aromatic carbocycles. The zero-order valence-electron chi connectivity index (χ0n) is 11.8. The van der Waals surface area contributed by atoms with Gasteiger partial charge in [-0.15, -0.1) is 11.8 Å². The number of hydrogen-bond acceptors (Lipinski definition) is 3. The molecule has 21 heavy (non-hydrogen) atoms. The molecule has 0 amide bonds. The van der Waals surface area contributed by atoms with Crippen LogP contribution >= 0.6 is 11.8 Å². The lowest BCUT2D eigenvalue weighted by Crippen LogP contribution is -2.25. The van der Waals surface area contributed by atoms with Crippen LogP contribution in [0.3, 0.4) is 0 Å². The number of rotatable bonds is 4. The van der Waals surface area contributed by atoms with Crippen molar-refractivity contribution in [3.8, 4) is 0 Å². The number of carboxylic acids is 1. The molecule has 0 bridgehead atoms. The molecule has 1 N–H and O–H groups in total. The predicted octanol–water partition coefficient (Wildman–Crippen LogP) is 4.11. The molecule has 1 saturated heterocycles. The molecular weight excluding hydrogens is 291 g/mol. The minimum Gasteiger partial charge on any atom is -0.478 e. The van der Waals surface area contributed by atoms with E-state index in [0.29, 0.717) is 10.6 Å². The van der Waals surface area contributed by atoms with Gasteiger partial charge in [-0.3, -0.25) is 0 Å². The van der Waals surface area contributed by atoms with Crippen LogP contribution in [0.1, 0.15) is 48.9 Å². The zero-order valence-corrected chi connectivity index (χ0v) is 12.6. The number of halogens is 1. The van der Waals surface area contributed by atoms with Crippen LogP contribution in [0.5, 0.6) is 0 Å². The average molecular weight is 310 g/mol. The number of hydrogen-bond donors (Lipinski definition) is 1. The number of carbonyl (C=O) groups is 1. The monoisotopic (exact) mass is 310 g/mol. The molecular formula is C16H19FO3S. The molecule has 1 atom stereocenters. The van der Waals surface area contributed by atoms with Crippen molar-refractivity contribution in [2.45, 2.75) is 55.1 Å². The first kappa shape index (κ1) is 14.9. The highest BCUT2D eigenvalue weighted by molar-refractivity contribution is 7.99. The molecule has 2 aliphatic rings. The standard InChI is InChI=1S/C16H19FO3S/c17-13-4-3-11(15(18)19)9-14(13)21-10-12-5-8-16(20-12)6-1-2-7-16/h3-4,9,12H,1-2,5-8,10H2,(H,18,19). The van der Waals surface area contributed by atoms with E-state index in [1.807, 2.05) is 0 Å². The van der Waals surface area contributed by atoms with Crippen molar-refractivity contribution >= 4 is 17.7 Å². The number of aromatic carboxylic acids is 1. The average Bonchev–Trinajstić information content (AvgIpc) is 3.08. The summed E-state index contributed by atoms with van der Waals surface area (Å²) in [6.45, 7) is 0. The Morgan fingerprint density at radius 2 is 2.14 bits per heavy atom. The molecule has 0 aromatic heterocycles. The molecule has 1 aliphatic carbocycles. The second kappa shape index (κ2) is 5.97. The van der Waals surface area contributed by atoms with Crippen LogP contribution in [0.25, 0.3) is 0 Å². The van der Waals surface area contributed by atoms with Gasteiger partial charge in [0.1, 0.15) is 5.82 Å². The van der Waals surface area contributed by atoms with Crippen LogP contribution in [0.2, 0.25) is 0 Å². The lowest BCUT2D eigenvalue weighted by atomic mass is 9.98. The molecule has 3 rings (SSSR count). The third kappa shape index (κ3) is 3.24. The summed E-state index contributed by atoms with van der Waals surface area (Å²) in [6, 6.07) is 3.92. The number of benzene rings is 1. The van der Waals surface area contributed by atoms with Crippen LogP contribution in [-0.2, 0) is 4.74 Å². The molecule has 2 fully saturated rings. The second-order valence-corrected chi connectivity index (χ2v) is 6.99. The first-order valence-corrected chi connectivity index (χ1v) is 8.40. The van der Waals surface area contributed by atoms with Crippen molar-refractivity contribution in [3.63, 3.8) is 0 Å². The fourth-order valence-electron chi connectivity index (χ4n) is 3.33. The molecule has 0 radical (unpaired) electrons. The maximum atomic E-state index is 13.7. The fourth-order valence-corrected chi connectivity index (χ4v) is 4.35. The van der Waals surface area contributed by atoms with Gasteiger partial charge in [0.2, 0.25) is 0 Å². The van der Waals surface area contributed by atoms with Gasteiger partial charge in [0.05, 0.1) is 17.3 Å². The molecule has 1 saturated carbocycles.